The highest BCUT2D eigenvalue weighted by Gasteiger charge is 2.22. The molecule has 5 nitrogen and oxygen atoms in total. The van der Waals surface area contributed by atoms with E-state index in [0.29, 0.717) is 13.0 Å². The largest absolute Gasteiger partial charge is 0.457 e. The predicted octanol–water partition coefficient (Wildman–Crippen LogP) is 2.59. The van der Waals surface area contributed by atoms with Gasteiger partial charge in [0.25, 0.3) is 5.91 Å². The molecule has 0 aliphatic heterocycles. The molecule has 0 radical (unpaired) electrons. The van der Waals surface area contributed by atoms with E-state index in [-0.39, 0.29) is 11.7 Å². The average Bonchev–Trinajstić information content (AvgIpc) is 3.13. The number of rotatable bonds is 6. The van der Waals surface area contributed by atoms with Crippen LogP contribution in [0, 0.1) is 0 Å². The van der Waals surface area contributed by atoms with Crippen LogP contribution in [0.1, 0.15) is 28.8 Å². The maximum absolute atomic E-state index is 12.0. The zero-order valence-electron chi connectivity index (χ0n) is 11.0. The first kappa shape index (κ1) is 14.3. The van der Waals surface area contributed by atoms with Crippen LogP contribution in [0.15, 0.2) is 40.3 Å². The van der Waals surface area contributed by atoms with Gasteiger partial charge in [0.05, 0.1) is 12.8 Å². The molecule has 0 bridgehead atoms. The first-order valence-corrected chi connectivity index (χ1v) is 7.13. The van der Waals surface area contributed by atoms with Gasteiger partial charge in [-0.05, 0) is 30.0 Å². The summed E-state index contributed by atoms with van der Waals surface area (Å²) >= 11 is 1.56. The third kappa shape index (κ3) is 3.71. The van der Waals surface area contributed by atoms with Crippen LogP contribution in [0.4, 0.5) is 0 Å². The Balaban J connectivity index is 1.87. The Hall–Kier alpha value is -2.08. The van der Waals surface area contributed by atoms with Crippen molar-refractivity contribution in [1.82, 2.24) is 5.32 Å². The Bertz CT molecular complexity index is 548. The van der Waals surface area contributed by atoms with E-state index in [0.717, 1.165) is 4.88 Å². The van der Waals surface area contributed by atoms with E-state index in [4.69, 9.17) is 9.15 Å². The number of furan rings is 1. The van der Waals surface area contributed by atoms with Crippen molar-refractivity contribution < 1.29 is 18.7 Å². The Morgan fingerprint density at radius 1 is 1.40 bits per heavy atom. The van der Waals surface area contributed by atoms with Crippen LogP contribution in [0.5, 0.6) is 0 Å². The minimum absolute atomic E-state index is 0.0921. The molecule has 0 aliphatic rings. The van der Waals surface area contributed by atoms with Gasteiger partial charge >= 0.3 is 5.97 Å². The first-order valence-electron chi connectivity index (χ1n) is 6.25. The number of carbonyl (C=O) groups is 2. The van der Waals surface area contributed by atoms with E-state index in [1.165, 1.54) is 12.3 Å². The fourth-order valence-corrected chi connectivity index (χ4v) is 2.25. The second-order valence-corrected chi connectivity index (χ2v) is 5.11. The highest BCUT2D eigenvalue weighted by Crippen LogP contribution is 2.10. The minimum Gasteiger partial charge on any atom is -0.457 e. The molecule has 0 aliphatic carbocycles. The van der Waals surface area contributed by atoms with Crippen molar-refractivity contribution in [3.8, 4) is 0 Å². The van der Waals surface area contributed by atoms with Crippen molar-refractivity contribution in [2.45, 2.75) is 26.0 Å². The van der Waals surface area contributed by atoms with Crippen molar-refractivity contribution in [1.29, 1.82) is 0 Å². The summed E-state index contributed by atoms with van der Waals surface area (Å²) in [6.07, 6.45) is 0.976. The molecular weight excluding hydrogens is 278 g/mol. The summed E-state index contributed by atoms with van der Waals surface area (Å²) in [5.74, 6) is -0.844. The molecule has 6 heteroatoms. The fraction of sp³-hybridized carbons (Fsp3) is 0.286. The van der Waals surface area contributed by atoms with Gasteiger partial charge in [-0.25, -0.2) is 4.79 Å². The molecule has 2 aromatic heterocycles. The van der Waals surface area contributed by atoms with Crippen LogP contribution in [0.25, 0.3) is 0 Å². The van der Waals surface area contributed by atoms with Gasteiger partial charge in [-0.15, -0.1) is 11.3 Å². The maximum Gasteiger partial charge on any atom is 0.374 e. The molecular formula is C14H15NO4S. The molecule has 0 aromatic carbocycles. The smallest absolute Gasteiger partial charge is 0.374 e. The summed E-state index contributed by atoms with van der Waals surface area (Å²) < 4.78 is 10.1. The van der Waals surface area contributed by atoms with Crippen molar-refractivity contribution in [3.05, 3.63) is 46.5 Å². The van der Waals surface area contributed by atoms with Crippen LogP contribution < -0.4 is 5.32 Å². The molecule has 1 amide bonds. The summed E-state index contributed by atoms with van der Waals surface area (Å²) in [4.78, 5) is 24.7. The quantitative estimate of drug-likeness (QED) is 0.831. The Morgan fingerprint density at radius 3 is 2.85 bits per heavy atom. The lowest BCUT2D eigenvalue weighted by Crippen LogP contribution is -2.36. The molecule has 2 aromatic rings. The molecule has 106 valence electrons. The predicted molar refractivity (Wildman–Crippen MR) is 74.4 cm³/mol. The monoisotopic (exact) mass is 293 g/mol. The number of amides is 1. The van der Waals surface area contributed by atoms with Gasteiger partial charge < -0.3 is 14.5 Å². The number of ether oxygens (including phenoxy) is 1. The molecule has 0 saturated heterocycles. The molecule has 0 unspecified atom stereocenters. The van der Waals surface area contributed by atoms with Gasteiger partial charge in [0, 0.05) is 4.88 Å². The number of esters is 1. The first-order chi connectivity index (χ1) is 9.70. The van der Waals surface area contributed by atoms with Gasteiger partial charge in [-0.3, -0.25) is 4.79 Å². The van der Waals surface area contributed by atoms with Crippen molar-refractivity contribution in [3.63, 3.8) is 0 Å². The fourth-order valence-electron chi connectivity index (χ4n) is 1.61. The summed E-state index contributed by atoms with van der Waals surface area (Å²) in [7, 11) is 0. The molecule has 0 fully saturated rings. The summed E-state index contributed by atoms with van der Waals surface area (Å²) in [5.41, 5.74) is 0. The van der Waals surface area contributed by atoms with Crippen molar-refractivity contribution in [2.75, 3.05) is 0 Å². The molecule has 1 atom stereocenters. The molecule has 2 rings (SSSR count). The Kier molecular flexibility index (Phi) is 4.95. The van der Waals surface area contributed by atoms with Crippen LogP contribution in [-0.4, -0.2) is 18.0 Å². The van der Waals surface area contributed by atoms with E-state index < -0.39 is 12.1 Å². The second-order valence-electron chi connectivity index (χ2n) is 4.08. The van der Waals surface area contributed by atoms with Crippen molar-refractivity contribution >= 4 is 23.2 Å². The molecule has 0 spiro atoms. The van der Waals surface area contributed by atoms with Crippen LogP contribution in [-0.2, 0) is 16.1 Å². The number of carbonyl (C=O) groups excluding carboxylic acids is 2. The van der Waals surface area contributed by atoms with E-state index in [1.54, 1.807) is 24.3 Å². The van der Waals surface area contributed by atoms with Crippen LogP contribution >= 0.6 is 11.3 Å². The van der Waals surface area contributed by atoms with Crippen molar-refractivity contribution in [2.24, 2.45) is 0 Å². The zero-order chi connectivity index (χ0) is 14.4. The highest BCUT2D eigenvalue weighted by molar-refractivity contribution is 7.09. The molecule has 1 N–H and O–H groups in total. The van der Waals surface area contributed by atoms with Crippen LogP contribution in [0.2, 0.25) is 0 Å². The number of hydrogen-bond acceptors (Lipinski definition) is 5. The third-order valence-corrected chi connectivity index (χ3v) is 3.53. The second kappa shape index (κ2) is 6.91. The van der Waals surface area contributed by atoms with Gasteiger partial charge in [0.1, 0.15) is 0 Å². The standard InChI is InChI=1S/C14H15NO4S/c1-2-11(19-14(17)12-6-3-7-18-12)13(16)15-9-10-5-4-8-20-10/h3-8,11H,2,9H2,1H3,(H,15,16)/t11-/m1/s1. The summed E-state index contributed by atoms with van der Waals surface area (Å²) in [6.45, 7) is 2.22. The topological polar surface area (TPSA) is 68.5 Å². The van der Waals surface area contributed by atoms with Gasteiger partial charge in [0.2, 0.25) is 5.76 Å². The lowest BCUT2D eigenvalue weighted by atomic mass is 10.2. The Morgan fingerprint density at radius 2 is 2.25 bits per heavy atom. The highest BCUT2D eigenvalue weighted by atomic mass is 32.1. The molecule has 0 saturated carbocycles. The van der Waals surface area contributed by atoms with E-state index >= 15 is 0 Å². The summed E-state index contributed by atoms with van der Waals surface area (Å²) in [5, 5.41) is 4.69. The normalized spacial score (nSPS) is 11.8. The molecule has 20 heavy (non-hydrogen) atoms. The number of thiophene rings is 1. The number of hydrogen-bond donors (Lipinski definition) is 1. The van der Waals surface area contributed by atoms with E-state index in [2.05, 4.69) is 5.32 Å². The van der Waals surface area contributed by atoms with E-state index in [1.807, 2.05) is 17.5 Å². The lowest BCUT2D eigenvalue weighted by molar-refractivity contribution is -0.130. The van der Waals surface area contributed by atoms with Gasteiger partial charge in [-0.2, -0.15) is 0 Å². The third-order valence-electron chi connectivity index (χ3n) is 2.65. The maximum atomic E-state index is 12.0. The number of nitrogens with one attached hydrogen (secondary N) is 1. The van der Waals surface area contributed by atoms with E-state index in [9.17, 15) is 9.59 Å². The Labute approximate surface area is 120 Å². The average molecular weight is 293 g/mol. The van der Waals surface area contributed by atoms with Crippen LogP contribution in [0.3, 0.4) is 0 Å². The zero-order valence-corrected chi connectivity index (χ0v) is 11.8. The van der Waals surface area contributed by atoms with Gasteiger partial charge in [0.15, 0.2) is 6.10 Å². The lowest BCUT2D eigenvalue weighted by Gasteiger charge is -2.14. The van der Waals surface area contributed by atoms with Gasteiger partial charge in [-0.1, -0.05) is 13.0 Å². The molecule has 2 heterocycles. The summed E-state index contributed by atoms with van der Waals surface area (Å²) in [6, 6.07) is 6.94. The SMILES string of the molecule is CC[C@@H](OC(=O)c1ccco1)C(=O)NCc1cccs1. The minimum atomic E-state index is -0.812.